The second-order valence-electron chi connectivity index (χ2n) is 2.63. The minimum absolute atomic E-state index is 0.780. The third-order valence-electron chi connectivity index (χ3n) is 1.77. The number of hydrogen-bond acceptors (Lipinski definition) is 0. The standard InChI is InChI=1S/C10H12O.2ClH.Ru/c1-4-11(3)10-8-6-5-7-9(10)2;;;/h2,5-8H,3-4H2,1H3;2*1H;/q;;;+2/p-2. The maximum atomic E-state index is 5.84. The van der Waals surface area contributed by atoms with E-state index in [0.29, 0.717) is 0 Å². The first kappa shape index (κ1) is 12.2. The van der Waals surface area contributed by atoms with Gasteiger partial charge in [0.05, 0.1) is 0 Å². The van der Waals surface area contributed by atoms with Crippen molar-refractivity contribution in [2.75, 3.05) is 6.61 Å². The van der Waals surface area contributed by atoms with Crippen LogP contribution in [0, 0.1) is 7.11 Å². The second-order valence-corrected chi connectivity index (χ2v) is 8.35. The van der Waals surface area contributed by atoms with E-state index in [1.54, 1.807) is 0 Å². The molecule has 14 heavy (non-hydrogen) atoms. The molecular weight excluding hydrogens is 308 g/mol. The van der Waals surface area contributed by atoms with Crippen LogP contribution in [-0.4, -0.2) is 11.2 Å². The van der Waals surface area contributed by atoms with Crippen LogP contribution in [0.3, 0.4) is 0 Å². The van der Waals surface area contributed by atoms with Crippen LogP contribution in [0.5, 0.6) is 5.75 Å². The molecule has 0 fully saturated rings. The first-order chi connectivity index (χ1) is 6.65. The SMILES string of the molecule is [CH2-][O+](CC)c1ccccc1[CH]=[Ru]([Cl])[Cl]. The van der Waals surface area contributed by atoms with E-state index in [1.807, 2.05) is 35.8 Å². The molecule has 0 bridgehead atoms. The third kappa shape index (κ3) is 3.34. The number of hydrogen-bond donors (Lipinski definition) is 0. The van der Waals surface area contributed by atoms with E-state index in [4.69, 9.17) is 19.4 Å². The minimum atomic E-state index is -1.77. The molecule has 80 valence electrons. The van der Waals surface area contributed by atoms with Gasteiger partial charge in [-0.05, 0) is 0 Å². The molecule has 0 spiro atoms. The van der Waals surface area contributed by atoms with Gasteiger partial charge in [0.2, 0.25) is 0 Å². The Hall–Kier alpha value is 0.0934. The van der Waals surface area contributed by atoms with Crippen LogP contribution in [0.4, 0.5) is 0 Å². The van der Waals surface area contributed by atoms with Gasteiger partial charge in [0.15, 0.2) is 0 Å². The summed E-state index contributed by atoms with van der Waals surface area (Å²) in [6, 6.07) is 7.90. The summed E-state index contributed by atoms with van der Waals surface area (Å²) < 4.78 is 4.65. The molecule has 0 amide bonds. The van der Waals surface area contributed by atoms with Gasteiger partial charge in [0.25, 0.3) is 0 Å². The van der Waals surface area contributed by atoms with Crippen LogP contribution in [0.2, 0.25) is 0 Å². The summed E-state index contributed by atoms with van der Waals surface area (Å²) in [7, 11) is 15.5. The van der Waals surface area contributed by atoms with E-state index in [9.17, 15) is 0 Å². The first-order valence-corrected chi connectivity index (χ1v) is 9.56. The van der Waals surface area contributed by atoms with Crippen molar-refractivity contribution in [1.29, 1.82) is 0 Å². The fourth-order valence-electron chi connectivity index (χ4n) is 1.07. The Morgan fingerprint density at radius 1 is 1.43 bits per heavy atom. The van der Waals surface area contributed by atoms with E-state index in [1.165, 1.54) is 0 Å². The van der Waals surface area contributed by atoms with Crippen LogP contribution >= 0.6 is 19.4 Å². The summed E-state index contributed by atoms with van der Waals surface area (Å²) in [4.78, 5) is 0. The Morgan fingerprint density at radius 3 is 2.64 bits per heavy atom. The molecule has 0 aliphatic heterocycles. The summed E-state index contributed by atoms with van der Waals surface area (Å²) in [5, 5.41) is 0. The van der Waals surface area contributed by atoms with Crippen molar-refractivity contribution in [3.63, 3.8) is 0 Å². The van der Waals surface area contributed by atoms with Crippen LogP contribution < -0.4 is 0 Å². The monoisotopic (exact) mass is 320 g/mol. The van der Waals surface area contributed by atoms with Gasteiger partial charge in [0.1, 0.15) is 0 Å². The molecule has 0 aliphatic rings. The van der Waals surface area contributed by atoms with Crippen molar-refractivity contribution < 1.29 is 17.9 Å². The summed E-state index contributed by atoms with van der Waals surface area (Å²) in [6.07, 6.45) is 0. The molecule has 0 aliphatic carbocycles. The van der Waals surface area contributed by atoms with Crippen LogP contribution in [-0.2, 0) is 17.9 Å². The predicted octanol–water partition coefficient (Wildman–Crippen LogP) is 3.84. The van der Waals surface area contributed by atoms with Crippen molar-refractivity contribution >= 4 is 24.0 Å². The summed E-state index contributed by atoms with van der Waals surface area (Å²) >= 11 is -1.77. The van der Waals surface area contributed by atoms with Gasteiger partial charge in [-0.3, -0.25) is 0 Å². The Kier molecular flexibility index (Phi) is 5.08. The molecule has 0 heterocycles. The summed E-state index contributed by atoms with van der Waals surface area (Å²) in [5.41, 5.74) is 1.04. The molecular formula is C10H12Cl2ORu. The van der Waals surface area contributed by atoms with Crippen LogP contribution in [0.15, 0.2) is 24.3 Å². The quantitative estimate of drug-likeness (QED) is 0.452. The van der Waals surface area contributed by atoms with Gasteiger partial charge < -0.3 is 0 Å². The zero-order valence-electron chi connectivity index (χ0n) is 7.82. The molecule has 0 atom stereocenters. The third-order valence-corrected chi connectivity index (χ3v) is 3.60. The number of benzene rings is 1. The molecule has 0 saturated carbocycles. The van der Waals surface area contributed by atoms with Crippen LogP contribution in [0.1, 0.15) is 12.5 Å². The van der Waals surface area contributed by atoms with Gasteiger partial charge in [-0.2, -0.15) is 0 Å². The molecule has 1 nitrogen and oxygen atoms in total. The van der Waals surface area contributed by atoms with Crippen molar-refractivity contribution in [3.8, 4) is 5.75 Å². The molecule has 0 unspecified atom stereocenters. The summed E-state index contributed by atoms with van der Waals surface area (Å²) in [6.45, 7) is 2.80. The number of halogens is 2. The first-order valence-electron chi connectivity index (χ1n) is 4.08. The normalized spacial score (nSPS) is 11.0. The van der Waals surface area contributed by atoms with Gasteiger partial charge in [-0.15, -0.1) is 0 Å². The average Bonchev–Trinajstić information content (AvgIpc) is 2.16. The van der Waals surface area contributed by atoms with E-state index >= 15 is 0 Å². The maximum absolute atomic E-state index is 5.84. The average molecular weight is 320 g/mol. The van der Waals surface area contributed by atoms with Gasteiger partial charge in [-0.1, -0.05) is 0 Å². The summed E-state index contributed by atoms with van der Waals surface area (Å²) in [5.74, 6) is 0.995. The molecule has 0 radical (unpaired) electrons. The topological polar surface area (TPSA) is 2.70 Å². The van der Waals surface area contributed by atoms with E-state index in [-0.39, 0.29) is 0 Å². The zero-order chi connectivity index (χ0) is 10.6. The Balaban J connectivity index is 3.09. The molecule has 1 aromatic carbocycles. The fourth-order valence-corrected chi connectivity index (χ4v) is 2.87. The Bertz CT molecular complexity index is 335. The predicted molar refractivity (Wildman–Crippen MR) is 59.7 cm³/mol. The van der Waals surface area contributed by atoms with Crippen molar-refractivity contribution in [1.82, 2.24) is 0 Å². The van der Waals surface area contributed by atoms with E-state index in [2.05, 4.69) is 11.5 Å². The molecule has 0 saturated heterocycles. The van der Waals surface area contributed by atoms with Crippen molar-refractivity contribution in [2.45, 2.75) is 6.92 Å². The number of para-hydroxylation sites is 1. The molecule has 4 heteroatoms. The molecule has 1 rings (SSSR count). The molecule has 0 aromatic heterocycles. The Morgan fingerprint density at radius 2 is 2.07 bits per heavy atom. The molecule has 1 aromatic rings. The van der Waals surface area contributed by atoms with Gasteiger partial charge in [-0.25, -0.2) is 0 Å². The zero-order valence-corrected chi connectivity index (χ0v) is 11.1. The van der Waals surface area contributed by atoms with Gasteiger partial charge >= 0.3 is 98.1 Å². The van der Waals surface area contributed by atoms with Crippen molar-refractivity contribution in [2.24, 2.45) is 0 Å². The molecule has 0 N–H and O–H groups in total. The second kappa shape index (κ2) is 5.85. The van der Waals surface area contributed by atoms with Crippen LogP contribution in [0.25, 0.3) is 0 Å². The number of rotatable bonds is 3. The van der Waals surface area contributed by atoms with E-state index in [0.717, 1.165) is 17.9 Å². The van der Waals surface area contributed by atoms with Crippen molar-refractivity contribution in [3.05, 3.63) is 36.9 Å². The Labute approximate surface area is 97.8 Å². The fraction of sp³-hybridized carbons (Fsp3) is 0.200. The van der Waals surface area contributed by atoms with E-state index < -0.39 is 13.5 Å². The van der Waals surface area contributed by atoms with Gasteiger partial charge in [0, 0.05) is 0 Å².